The molecule has 0 spiro atoms. The van der Waals surface area contributed by atoms with Gasteiger partial charge in [-0.15, -0.1) is 0 Å². The third-order valence-corrected chi connectivity index (χ3v) is 3.05. The first-order chi connectivity index (χ1) is 9.15. The maximum Gasteiger partial charge on any atom is 0.243 e. The second kappa shape index (κ2) is 6.33. The second-order valence-electron chi connectivity index (χ2n) is 4.76. The van der Waals surface area contributed by atoms with Crippen molar-refractivity contribution in [3.8, 4) is 0 Å². The summed E-state index contributed by atoms with van der Waals surface area (Å²) in [6, 6.07) is 7.62. The molecule has 5 nitrogen and oxygen atoms in total. The highest BCUT2D eigenvalue weighted by molar-refractivity contribution is 5.94. The normalized spacial score (nSPS) is 16.1. The molecule has 1 aliphatic rings. The molecule has 2 N–H and O–H groups in total. The van der Waals surface area contributed by atoms with Crippen molar-refractivity contribution in [1.29, 1.82) is 0 Å². The molecule has 102 valence electrons. The molecule has 0 bridgehead atoms. The van der Waals surface area contributed by atoms with Crippen LogP contribution in [0.4, 0.5) is 5.69 Å². The van der Waals surface area contributed by atoms with Crippen LogP contribution in [0.5, 0.6) is 0 Å². The van der Waals surface area contributed by atoms with Crippen LogP contribution in [0.2, 0.25) is 0 Å². The molecular weight excluding hydrogens is 242 g/mol. The molecule has 0 saturated carbocycles. The van der Waals surface area contributed by atoms with Gasteiger partial charge in [0.1, 0.15) is 0 Å². The maximum atomic E-state index is 11.9. The van der Waals surface area contributed by atoms with Crippen LogP contribution in [-0.4, -0.2) is 42.9 Å². The smallest absolute Gasteiger partial charge is 0.243 e. The Labute approximate surface area is 113 Å². The van der Waals surface area contributed by atoms with Crippen LogP contribution >= 0.6 is 0 Å². The zero-order valence-electron chi connectivity index (χ0n) is 11.1. The van der Waals surface area contributed by atoms with Crippen LogP contribution in [0.1, 0.15) is 12.0 Å². The molecule has 1 aromatic rings. The highest BCUT2D eigenvalue weighted by Gasteiger charge is 2.18. The number of nitrogens with zero attached hydrogens (tertiary/aromatic N) is 1. The Balaban J connectivity index is 1.91. The molecule has 1 heterocycles. The quantitative estimate of drug-likeness (QED) is 0.844. The van der Waals surface area contributed by atoms with E-state index >= 15 is 0 Å². The van der Waals surface area contributed by atoms with E-state index in [4.69, 9.17) is 0 Å². The first kappa shape index (κ1) is 13.5. The van der Waals surface area contributed by atoms with Crippen molar-refractivity contribution < 1.29 is 9.59 Å². The van der Waals surface area contributed by atoms with E-state index in [0.717, 1.165) is 24.2 Å². The number of hydrogen-bond acceptors (Lipinski definition) is 3. The van der Waals surface area contributed by atoms with E-state index in [0.29, 0.717) is 13.1 Å². The minimum absolute atomic E-state index is 0.0168. The summed E-state index contributed by atoms with van der Waals surface area (Å²) in [5.41, 5.74) is 1.86. The minimum Gasteiger partial charge on any atom is -0.332 e. The van der Waals surface area contributed by atoms with Gasteiger partial charge >= 0.3 is 0 Å². The van der Waals surface area contributed by atoms with Crippen molar-refractivity contribution in [2.45, 2.75) is 13.3 Å². The van der Waals surface area contributed by atoms with Gasteiger partial charge in [0.25, 0.3) is 0 Å². The van der Waals surface area contributed by atoms with E-state index < -0.39 is 0 Å². The minimum atomic E-state index is -0.152. The number of hydrogen-bond donors (Lipinski definition) is 2. The lowest BCUT2D eigenvalue weighted by molar-refractivity contribution is -0.133. The third kappa shape index (κ3) is 4.06. The third-order valence-electron chi connectivity index (χ3n) is 3.05. The summed E-state index contributed by atoms with van der Waals surface area (Å²) in [6.45, 7) is 3.86. The summed E-state index contributed by atoms with van der Waals surface area (Å²) in [4.78, 5) is 25.3. The average Bonchev–Trinajstić information content (AvgIpc) is 2.55. The molecule has 0 atom stereocenters. The number of benzene rings is 1. The van der Waals surface area contributed by atoms with Crippen molar-refractivity contribution in [3.63, 3.8) is 0 Å². The first-order valence-electron chi connectivity index (χ1n) is 6.50. The van der Waals surface area contributed by atoms with Gasteiger partial charge in [-0.3, -0.25) is 9.59 Å². The molecule has 19 heavy (non-hydrogen) atoms. The van der Waals surface area contributed by atoms with Gasteiger partial charge in [-0.05, 0) is 37.6 Å². The SMILES string of the molecule is Cc1cccc(NC(=O)CN2CCCNCC2=O)c1. The van der Waals surface area contributed by atoms with Gasteiger partial charge in [0, 0.05) is 12.2 Å². The number of amides is 2. The van der Waals surface area contributed by atoms with Gasteiger partial charge in [-0.2, -0.15) is 0 Å². The van der Waals surface area contributed by atoms with Gasteiger partial charge in [0.2, 0.25) is 11.8 Å². The van der Waals surface area contributed by atoms with Gasteiger partial charge in [-0.25, -0.2) is 0 Å². The summed E-state index contributed by atoms with van der Waals surface area (Å²) in [6.07, 6.45) is 0.878. The summed E-state index contributed by atoms with van der Waals surface area (Å²) < 4.78 is 0. The van der Waals surface area contributed by atoms with Crippen molar-refractivity contribution in [2.75, 3.05) is 31.5 Å². The lowest BCUT2D eigenvalue weighted by Crippen LogP contribution is -2.40. The largest absolute Gasteiger partial charge is 0.332 e. The molecule has 0 radical (unpaired) electrons. The predicted molar refractivity (Wildman–Crippen MR) is 73.9 cm³/mol. The van der Waals surface area contributed by atoms with Gasteiger partial charge in [-0.1, -0.05) is 12.1 Å². The number of nitrogens with one attached hydrogen (secondary N) is 2. The van der Waals surface area contributed by atoms with Crippen LogP contribution in [0.25, 0.3) is 0 Å². The Morgan fingerprint density at radius 3 is 3.11 bits per heavy atom. The van der Waals surface area contributed by atoms with Gasteiger partial charge < -0.3 is 15.5 Å². The Hall–Kier alpha value is -1.88. The standard InChI is InChI=1S/C14H19N3O2/c1-11-4-2-5-12(8-11)16-13(18)10-17-7-3-6-15-9-14(17)19/h2,4-5,8,15H,3,6-7,9-10H2,1H3,(H,16,18). The van der Waals surface area contributed by atoms with Crippen molar-refractivity contribution in [2.24, 2.45) is 0 Å². The molecule has 1 fully saturated rings. The maximum absolute atomic E-state index is 11.9. The molecule has 2 rings (SSSR count). The Morgan fingerprint density at radius 1 is 1.47 bits per heavy atom. The van der Waals surface area contributed by atoms with E-state index in [1.165, 1.54) is 0 Å². The lowest BCUT2D eigenvalue weighted by atomic mass is 10.2. The summed E-state index contributed by atoms with van der Waals surface area (Å²) >= 11 is 0. The molecule has 0 unspecified atom stereocenters. The van der Waals surface area contributed by atoms with Crippen LogP contribution < -0.4 is 10.6 Å². The Kier molecular flexibility index (Phi) is 4.52. The predicted octanol–water partition coefficient (Wildman–Crippen LogP) is 0.755. The number of carbonyl (C=O) groups is 2. The highest BCUT2D eigenvalue weighted by Crippen LogP contribution is 2.09. The fourth-order valence-electron chi connectivity index (χ4n) is 2.09. The molecule has 1 saturated heterocycles. The summed E-state index contributed by atoms with van der Waals surface area (Å²) in [5.74, 6) is -0.169. The Bertz CT molecular complexity index is 474. The molecule has 0 aromatic heterocycles. The molecule has 2 amide bonds. The van der Waals surface area contributed by atoms with E-state index in [2.05, 4.69) is 10.6 Å². The van der Waals surface area contributed by atoms with Crippen LogP contribution in [-0.2, 0) is 9.59 Å². The lowest BCUT2D eigenvalue weighted by Gasteiger charge is -2.19. The zero-order valence-corrected chi connectivity index (χ0v) is 11.1. The number of anilines is 1. The topological polar surface area (TPSA) is 61.4 Å². The molecule has 5 heteroatoms. The number of rotatable bonds is 3. The molecule has 1 aromatic carbocycles. The number of aryl methyl sites for hydroxylation is 1. The van der Waals surface area contributed by atoms with E-state index in [1.54, 1.807) is 4.90 Å². The monoisotopic (exact) mass is 261 g/mol. The second-order valence-corrected chi connectivity index (χ2v) is 4.76. The average molecular weight is 261 g/mol. The molecule has 1 aliphatic heterocycles. The van der Waals surface area contributed by atoms with E-state index in [-0.39, 0.29) is 18.4 Å². The van der Waals surface area contributed by atoms with Crippen molar-refractivity contribution >= 4 is 17.5 Å². The van der Waals surface area contributed by atoms with Crippen molar-refractivity contribution in [3.05, 3.63) is 29.8 Å². The van der Waals surface area contributed by atoms with Gasteiger partial charge in [0.15, 0.2) is 0 Å². The van der Waals surface area contributed by atoms with Crippen LogP contribution in [0, 0.1) is 6.92 Å². The summed E-state index contributed by atoms with van der Waals surface area (Å²) in [7, 11) is 0. The van der Waals surface area contributed by atoms with E-state index in [1.807, 2.05) is 31.2 Å². The highest BCUT2D eigenvalue weighted by atomic mass is 16.2. The molecule has 0 aliphatic carbocycles. The fraction of sp³-hybridized carbons (Fsp3) is 0.429. The van der Waals surface area contributed by atoms with Crippen LogP contribution in [0.3, 0.4) is 0 Å². The van der Waals surface area contributed by atoms with Gasteiger partial charge in [0.05, 0.1) is 13.1 Å². The number of carbonyl (C=O) groups excluding carboxylic acids is 2. The Morgan fingerprint density at radius 2 is 2.32 bits per heavy atom. The zero-order chi connectivity index (χ0) is 13.7. The first-order valence-corrected chi connectivity index (χ1v) is 6.50. The fourth-order valence-corrected chi connectivity index (χ4v) is 2.09. The summed E-state index contributed by atoms with van der Waals surface area (Å²) in [5, 5.41) is 5.85. The molecular formula is C14H19N3O2. The van der Waals surface area contributed by atoms with Crippen molar-refractivity contribution in [1.82, 2.24) is 10.2 Å². The van der Waals surface area contributed by atoms with E-state index in [9.17, 15) is 9.59 Å². The van der Waals surface area contributed by atoms with Crippen LogP contribution in [0.15, 0.2) is 24.3 Å².